The minimum absolute atomic E-state index is 0.132. The third-order valence-corrected chi connectivity index (χ3v) is 12.5. The van der Waals surface area contributed by atoms with Crippen LogP contribution in [0.5, 0.6) is 0 Å². The molecule has 0 unspecified atom stereocenters. The van der Waals surface area contributed by atoms with Crippen LogP contribution < -0.4 is 52.4 Å². The minimum atomic E-state index is -0.132. The van der Waals surface area contributed by atoms with Gasteiger partial charge < -0.3 is 4.90 Å². The van der Waals surface area contributed by atoms with Gasteiger partial charge in [-0.2, -0.15) is 0 Å². The van der Waals surface area contributed by atoms with Crippen molar-refractivity contribution in [2.45, 2.75) is 0 Å². The van der Waals surface area contributed by atoms with Gasteiger partial charge in [0, 0.05) is 57.9 Å². The quantitative estimate of drug-likeness (QED) is 0.168. The van der Waals surface area contributed by atoms with Gasteiger partial charge in [0.2, 0.25) is 0 Å². The standard InChI is InChI=1S/C51H33B2N7/c1-5-17-34(18-6-1)57-42-27-14-13-25-38(42)52-41-33-40-49(56-50(41)60(37-23-11-4-12-24-37)51-47(52)45(57)30-32-55-51)59(36-21-9-3-10-22-36)44-29-15-28-43-46(44)53(40)39-26-16-31-54-48(39)58(43)35-19-7-2-8-20-35/h1-33H. The Bertz CT molecular complexity index is 2940. The molecule has 0 fully saturated rings. The molecule has 7 heterocycles. The number of hydrogen-bond acceptors (Lipinski definition) is 7. The van der Waals surface area contributed by atoms with Gasteiger partial charge in [0.25, 0.3) is 13.4 Å². The molecule has 9 aromatic rings. The van der Waals surface area contributed by atoms with Crippen LogP contribution in [0.15, 0.2) is 200 Å². The van der Waals surface area contributed by atoms with Crippen molar-refractivity contribution in [3.8, 4) is 0 Å². The highest BCUT2D eigenvalue weighted by atomic mass is 15.3. The average Bonchev–Trinajstić information content (AvgIpc) is 3.32. The molecule has 6 aromatic carbocycles. The molecule has 0 N–H and O–H groups in total. The van der Waals surface area contributed by atoms with Crippen molar-refractivity contribution in [3.05, 3.63) is 200 Å². The topological polar surface area (TPSA) is 51.6 Å². The number of benzene rings is 6. The number of pyridine rings is 3. The molecule has 7 nitrogen and oxygen atoms in total. The zero-order valence-corrected chi connectivity index (χ0v) is 32.3. The van der Waals surface area contributed by atoms with Gasteiger partial charge in [0.15, 0.2) is 0 Å². The Morgan fingerprint density at radius 1 is 0.300 bits per heavy atom. The van der Waals surface area contributed by atoms with E-state index in [-0.39, 0.29) is 13.4 Å². The van der Waals surface area contributed by atoms with E-state index in [0.717, 1.165) is 90.6 Å². The van der Waals surface area contributed by atoms with Crippen LogP contribution in [-0.4, -0.2) is 28.4 Å². The van der Waals surface area contributed by atoms with Crippen LogP contribution >= 0.6 is 0 Å². The van der Waals surface area contributed by atoms with Crippen molar-refractivity contribution in [3.63, 3.8) is 0 Å². The first kappa shape index (κ1) is 33.1. The summed E-state index contributed by atoms with van der Waals surface area (Å²) in [5.74, 6) is 3.58. The summed E-state index contributed by atoms with van der Waals surface area (Å²) in [6, 6.07) is 67.0. The van der Waals surface area contributed by atoms with Gasteiger partial charge in [-0.25, -0.2) is 15.0 Å². The van der Waals surface area contributed by atoms with Gasteiger partial charge in [0.1, 0.15) is 23.3 Å². The van der Waals surface area contributed by atoms with Crippen molar-refractivity contribution in [1.82, 2.24) is 15.0 Å². The number of hydrogen-bond donors (Lipinski definition) is 0. The van der Waals surface area contributed by atoms with Crippen LogP contribution in [0.2, 0.25) is 0 Å². The predicted octanol–water partition coefficient (Wildman–Crippen LogP) is 8.04. The largest absolute Gasteiger partial charge is 0.311 e. The number of rotatable bonds is 4. The lowest BCUT2D eigenvalue weighted by atomic mass is 9.31. The zero-order chi connectivity index (χ0) is 39.3. The fraction of sp³-hybridized carbons (Fsp3) is 0. The van der Waals surface area contributed by atoms with E-state index in [0.29, 0.717) is 0 Å². The zero-order valence-electron chi connectivity index (χ0n) is 32.3. The van der Waals surface area contributed by atoms with Crippen LogP contribution in [-0.2, 0) is 0 Å². The molecule has 13 rings (SSSR count). The van der Waals surface area contributed by atoms with Gasteiger partial charge in [-0.05, 0) is 112 Å². The smallest absolute Gasteiger partial charge is 0.256 e. The number of para-hydroxylation sites is 5. The fourth-order valence-corrected chi connectivity index (χ4v) is 10.2. The molecule has 0 radical (unpaired) electrons. The summed E-state index contributed by atoms with van der Waals surface area (Å²) >= 11 is 0. The molecule has 3 aromatic heterocycles. The second-order valence-electron chi connectivity index (χ2n) is 15.6. The molecule has 0 spiro atoms. The highest BCUT2D eigenvalue weighted by Crippen LogP contribution is 2.46. The molecule has 0 bridgehead atoms. The van der Waals surface area contributed by atoms with Crippen molar-refractivity contribution >= 4 is 115 Å². The van der Waals surface area contributed by atoms with Gasteiger partial charge in [-0.3, -0.25) is 14.7 Å². The summed E-state index contributed by atoms with van der Waals surface area (Å²) in [5, 5.41) is 0. The van der Waals surface area contributed by atoms with Crippen molar-refractivity contribution < 1.29 is 0 Å². The Hall–Kier alpha value is -7.90. The monoisotopic (exact) mass is 765 g/mol. The van der Waals surface area contributed by atoms with E-state index in [1.54, 1.807) is 0 Å². The van der Waals surface area contributed by atoms with E-state index in [2.05, 4.69) is 208 Å². The van der Waals surface area contributed by atoms with Gasteiger partial charge in [0.05, 0.1) is 0 Å². The SMILES string of the molecule is c1ccc(N2c3ccccc3B3c4cc5c(nc4N(c4ccccc4)c4nccc2c43)N(c2ccccc2)c2cccc3c2B5c2cccnc2N3c2ccccc2)cc1. The van der Waals surface area contributed by atoms with Crippen molar-refractivity contribution in [2.75, 3.05) is 19.6 Å². The van der Waals surface area contributed by atoms with Gasteiger partial charge >= 0.3 is 0 Å². The summed E-state index contributed by atoms with van der Waals surface area (Å²) in [6.07, 6.45) is 3.86. The van der Waals surface area contributed by atoms with Crippen LogP contribution in [0.4, 0.5) is 68.8 Å². The molecule has 0 aliphatic carbocycles. The Kier molecular flexibility index (Phi) is 7.06. The van der Waals surface area contributed by atoms with Crippen molar-refractivity contribution in [2.24, 2.45) is 0 Å². The van der Waals surface area contributed by atoms with Crippen molar-refractivity contribution in [1.29, 1.82) is 0 Å². The minimum Gasteiger partial charge on any atom is -0.311 e. The van der Waals surface area contributed by atoms with Crippen LogP contribution in [0.25, 0.3) is 0 Å². The van der Waals surface area contributed by atoms with Crippen LogP contribution in [0.1, 0.15) is 0 Å². The van der Waals surface area contributed by atoms with E-state index in [1.165, 1.54) is 10.9 Å². The van der Waals surface area contributed by atoms with E-state index < -0.39 is 0 Å². The van der Waals surface area contributed by atoms with E-state index in [1.807, 2.05) is 12.4 Å². The summed E-state index contributed by atoms with van der Waals surface area (Å²) in [6.45, 7) is -0.264. The second-order valence-corrected chi connectivity index (χ2v) is 15.6. The van der Waals surface area contributed by atoms with Gasteiger partial charge in [-0.15, -0.1) is 0 Å². The summed E-state index contributed by atoms with van der Waals surface area (Å²) in [7, 11) is 0. The molecule has 4 aliphatic heterocycles. The van der Waals surface area contributed by atoms with E-state index >= 15 is 0 Å². The van der Waals surface area contributed by atoms with Crippen LogP contribution in [0.3, 0.4) is 0 Å². The first-order chi connectivity index (χ1) is 29.8. The Labute approximate surface area is 348 Å². The normalized spacial score (nSPS) is 13.8. The molecule has 0 saturated heterocycles. The third kappa shape index (κ3) is 4.60. The molecule has 278 valence electrons. The molecule has 0 atom stereocenters. The molecule has 4 aliphatic rings. The predicted molar refractivity (Wildman–Crippen MR) is 248 cm³/mol. The number of fused-ring (bicyclic) bond motifs is 8. The lowest BCUT2D eigenvalue weighted by molar-refractivity contribution is 1.11. The Balaban J connectivity index is 1.14. The maximum atomic E-state index is 5.94. The average molecular weight is 765 g/mol. The first-order valence-electron chi connectivity index (χ1n) is 20.4. The lowest BCUT2D eigenvalue weighted by Gasteiger charge is -2.45. The highest BCUT2D eigenvalue weighted by molar-refractivity contribution is 7.03. The maximum absolute atomic E-state index is 5.94. The number of nitrogens with zero attached hydrogens (tertiary/aromatic N) is 7. The highest BCUT2D eigenvalue weighted by Gasteiger charge is 2.49. The molecule has 60 heavy (non-hydrogen) atoms. The number of anilines is 12. The lowest BCUT2D eigenvalue weighted by Crippen LogP contribution is -2.66. The summed E-state index contributed by atoms with van der Waals surface area (Å²) in [5.41, 5.74) is 15.8. The van der Waals surface area contributed by atoms with E-state index in [4.69, 9.17) is 15.0 Å². The third-order valence-electron chi connectivity index (χ3n) is 12.5. The Morgan fingerprint density at radius 3 is 1.42 bits per heavy atom. The fourth-order valence-electron chi connectivity index (χ4n) is 10.2. The second kappa shape index (κ2) is 12.8. The molecule has 9 heteroatoms. The molecular formula is C51H33B2N7. The molecule has 0 saturated carbocycles. The summed E-state index contributed by atoms with van der Waals surface area (Å²) < 4.78 is 0. The Morgan fingerprint density at radius 2 is 0.767 bits per heavy atom. The van der Waals surface area contributed by atoms with Crippen LogP contribution in [0, 0.1) is 0 Å². The first-order valence-corrected chi connectivity index (χ1v) is 20.4. The maximum Gasteiger partial charge on any atom is 0.256 e. The molecular weight excluding hydrogens is 732 g/mol. The summed E-state index contributed by atoms with van der Waals surface area (Å²) in [4.78, 5) is 25.7. The van der Waals surface area contributed by atoms with E-state index in [9.17, 15) is 0 Å². The molecule has 0 amide bonds. The van der Waals surface area contributed by atoms with Gasteiger partial charge in [-0.1, -0.05) is 109 Å². The number of aromatic nitrogens is 3.